The van der Waals surface area contributed by atoms with Gasteiger partial charge in [-0.2, -0.15) is 0 Å². The van der Waals surface area contributed by atoms with Crippen LogP contribution in [0.5, 0.6) is 11.5 Å². The lowest BCUT2D eigenvalue weighted by Gasteiger charge is -2.11. The Morgan fingerprint density at radius 2 is 1.86 bits per heavy atom. The summed E-state index contributed by atoms with van der Waals surface area (Å²) in [6.07, 6.45) is 0.897. The van der Waals surface area contributed by atoms with E-state index in [1.54, 1.807) is 32.4 Å². The minimum absolute atomic E-state index is 0.0363. The topological polar surface area (TPSA) is 47.6 Å². The number of carbonyl (C=O) groups is 1. The Balaban J connectivity index is 1.68. The average Bonchev–Trinajstić information content (AvgIpc) is 3.37. The van der Waals surface area contributed by atoms with Gasteiger partial charge in [0.15, 0.2) is 0 Å². The molecule has 0 aliphatic heterocycles. The number of benzene rings is 2. The first-order chi connectivity index (χ1) is 10.7. The van der Waals surface area contributed by atoms with Gasteiger partial charge in [0, 0.05) is 12.0 Å². The zero-order valence-electron chi connectivity index (χ0n) is 12.7. The third-order valence-electron chi connectivity index (χ3n) is 4.02. The first kappa shape index (κ1) is 14.4. The van der Waals surface area contributed by atoms with Gasteiger partial charge in [-0.3, -0.25) is 4.79 Å². The number of rotatable bonds is 5. The standard InChI is InChI=1S/C18H19NO3/c1-21-13-8-9-16(17(10-13)22-2)19-18(20)15-11-14(15)12-6-4-3-5-7-12/h3-10,14-15H,11H2,1-2H3,(H,19,20)/t14-,15+/m0/s1. The lowest BCUT2D eigenvalue weighted by atomic mass is 10.1. The Morgan fingerprint density at radius 1 is 1.09 bits per heavy atom. The van der Waals surface area contributed by atoms with E-state index in [1.807, 2.05) is 18.2 Å². The minimum atomic E-state index is 0.0363. The second kappa shape index (κ2) is 6.10. The zero-order valence-corrected chi connectivity index (χ0v) is 12.7. The molecule has 1 aliphatic rings. The van der Waals surface area contributed by atoms with E-state index in [0.29, 0.717) is 23.1 Å². The second-order valence-electron chi connectivity index (χ2n) is 5.41. The number of hydrogen-bond donors (Lipinski definition) is 1. The molecular formula is C18H19NO3. The van der Waals surface area contributed by atoms with E-state index in [9.17, 15) is 4.79 Å². The number of anilines is 1. The van der Waals surface area contributed by atoms with Crippen molar-refractivity contribution < 1.29 is 14.3 Å². The van der Waals surface area contributed by atoms with Crippen molar-refractivity contribution in [2.45, 2.75) is 12.3 Å². The summed E-state index contributed by atoms with van der Waals surface area (Å²) in [5.41, 5.74) is 1.90. The third kappa shape index (κ3) is 2.91. The summed E-state index contributed by atoms with van der Waals surface area (Å²) in [7, 11) is 3.18. The van der Waals surface area contributed by atoms with Crippen LogP contribution in [0.25, 0.3) is 0 Å². The van der Waals surface area contributed by atoms with E-state index in [-0.39, 0.29) is 11.8 Å². The monoisotopic (exact) mass is 297 g/mol. The molecular weight excluding hydrogens is 278 g/mol. The van der Waals surface area contributed by atoms with Gasteiger partial charge in [-0.05, 0) is 30.0 Å². The zero-order chi connectivity index (χ0) is 15.5. The summed E-state index contributed by atoms with van der Waals surface area (Å²) < 4.78 is 10.5. The summed E-state index contributed by atoms with van der Waals surface area (Å²) >= 11 is 0. The molecule has 2 aromatic carbocycles. The van der Waals surface area contributed by atoms with Crippen molar-refractivity contribution >= 4 is 11.6 Å². The molecule has 4 heteroatoms. The molecule has 1 amide bonds. The van der Waals surface area contributed by atoms with Crippen LogP contribution in [-0.4, -0.2) is 20.1 Å². The molecule has 1 N–H and O–H groups in total. The lowest BCUT2D eigenvalue weighted by molar-refractivity contribution is -0.117. The van der Waals surface area contributed by atoms with Gasteiger partial charge in [-0.1, -0.05) is 30.3 Å². The van der Waals surface area contributed by atoms with Gasteiger partial charge in [0.25, 0.3) is 0 Å². The van der Waals surface area contributed by atoms with Gasteiger partial charge in [0.05, 0.1) is 19.9 Å². The fraction of sp³-hybridized carbons (Fsp3) is 0.278. The van der Waals surface area contributed by atoms with Gasteiger partial charge in [-0.25, -0.2) is 0 Å². The number of nitrogens with one attached hydrogen (secondary N) is 1. The Labute approximate surface area is 130 Å². The highest BCUT2D eigenvalue weighted by Crippen LogP contribution is 2.48. The minimum Gasteiger partial charge on any atom is -0.497 e. The van der Waals surface area contributed by atoms with Crippen molar-refractivity contribution in [1.82, 2.24) is 0 Å². The summed E-state index contributed by atoms with van der Waals surface area (Å²) in [6, 6.07) is 15.5. The SMILES string of the molecule is COc1ccc(NC(=O)[C@@H]2C[C@H]2c2ccccc2)c(OC)c1. The molecule has 4 nitrogen and oxygen atoms in total. The van der Waals surface area contributed by atoms with Gasteiger partial charge in [-0.15, -0.1) is 0 Å². The first-order valence-corrected chi connectivity index (χ1v) is 7.30. The summed E-state index contributed by atoms with van der Waals surface area (Å²) in [4.78, 5) is 12.4. The second-order valence-corrected chi connectivity index (χ2v) is 5.41. The Bertz CT molecular complexity index is 669. The van der Waals surface area contributed by atoms with E-state index in [0.717, 1.165) is 6.42 Å². The molecule has 0 aromatic heterocycles. The van der Waals surface area contributed by atoms with Crippen molar-refractivity contribution in [3.63, 3.8) is 0 Å². The first-order valence-electron chi connectivity index (χ1n) is 7.30. The summed E-state index contributed by atoms with van der Waals surface area (Å²) in [6.45, 7) is 0. The van der Waals surface area contributed by atoms with Crippen LogP contribution in [0.2, 0.25) is 0 Å². The number of amides is 1. The number of ether oxygens (including phenoxy) is 2. The number of hydrogen-bond acceptors (Lipinski definition) is 3. The van der Waals surface area contributed by atoms with Crippen LogP contribution in [0.3, 0.4) is 0 Å². The predicted octanol–water partition coefficient (Wildman–Crippen LogP) is 3.45. The maximum atomic E-state index is 12.4. The lowest BCUT2D eigenvalue weighted by Crippen LogP contribution is -2.15. The van der Waals surface area contributed by atoms with Crippen LogP contribution < -0.4 is 14.8 Å². The molecule has 1 fully saturated rings. The third-order valence-corrected chi connectivity index (χ3v) is 4.02. The molecule has 1 saturated carbocycles. The molecule has 2 atom stereocenters. The van der Waals surface area contributed by atoms with Gasteiger partial charge < -0.3 is 14.8 Å². The van der Waals surface area contributed by atoms with Crippen LogP contribution >= 0.6 is 0 Å². The van der Waals surface area contributed by atoms with Crippen LogP contribution in [-0.2, 0) is 4.79 Å². The quantitative estimate of drug-likeness (QED) is 0.919. The van der Waals surface area contributed by atoms with E-state index < -0.39 is 0 Å². The van der Waals surface area contributed by atoms with E-state index >= 15 is 0 Å². The van der Waals surface area contributed by atoms with Crippen LogP contribution in [0.4, 0.5) is 5.69 Å². The van der Waals surface area contributed by atoms with Crippen molar-refractivity contribution in [2.24, 2.45) is 5.92 Å². The maximum absolute atomic E-state index is 12.4. The number of carbonyl (C=O) groups excluding carboxylic acids is 1. The van der Waals surface area contributed by atoms with Gasteiger partial charge >= 0.3 is 0 Å². The molecule has 114 valence electrons. The molecule has 0 bridgehead atoms. The predicted molar refractivity (Wildman–Crippen MR) is 85.5 cm³/mol. The van der Waals surface area contributed by atoms with E-state index in [2.05, 4.69) is 17.4 Å². The highest BCUT2D eigenvalue weighted by molar-refractivity contribution is 5.96. The van der Waals surface area contributed by atoms with Crippen LogP contribution in [0, 0.1) is 5.92 Å². The molecule has 1 aliphatic carbocycles. The Hall–Kier alpha value is -2.49. The van der Waals surface area contributed by atoms with E-state index in [1.165, 1.54) is 5.56 Å². The maximum Gasteiger partial charge on any atom is 0.228 e. The van der Waals surface area contributed by atoms with Crippen molar-refractivity contribution in [3.05, 3.63) is 54.1 Å². The molecule has 0 unspecified atom stereocenters. The van der Waals surface area contributed by atoms with Gasteiger partial charge in [0.2, 0.25) is 5.91 Å². The molecule has 0 spiro atoms. The van der Waals surface area contributed by atoms with Crippen molar-refractivity contribution in [2.75, 3.05) is 19.5 Å². The Kier molecular flexibility index (Phi) is 4.00. The summed E-state index contributed by atoms with van der Waals surface area (Å²) in [5, 5.41) is 2.95. The highest BCUT2D eigenvalue weighted by Gasteiger charge is 2.43. The summed E-state index contributed by atoms with van der Waals surface area (Å²) in [5.74, 6) is 1.70. The molecule has 22 heavy (non-hydrogen) atoms. The molecule has 2 aromatic rings. The van der Waals surface area contributed by atoms with Crippen LogP contribution in [0.15, 0.2) is 48.5 Å². The molecule has 0 saturated heterocycles. The molecule has 3 rings (SSSR count). The molecule has 0 radical (unpaired) electrons. The smallest absolute Gasteiger partial charge is 0.228 e. The van der Waals surface area contributed by atoms with Crippen molar-refractivity contribution in [1.29, 1.82) is 0 Å². The van der Waals surface area contributed by atoms with Gasteiger partial charge in [0.1, 0.15) is 11.5 Å². The fourth-order valence-electron chi connectivity index (χ4n) is 2.68. The average molecular weight is 297 g/mol. The molecule has 0 heterocycles. The Morgan fingerprint density at radius 3 is 2.55 bits per heavy atom. The normalized spacial score (nSPS) is 19.4. The fourth-order valence-corrected chi connectivity index (χ4v) is 2.68. The van der Waals surface area contributed by atoms with Crippen molar-refractivity contribution in [3.8, 4) is 11.5 Å². The number of methoxy groups -OCH3 is 2. The van der Waals surface area contributed by atoms with Crippen LogP contribution in [0.1, 0.15) is 17.9 Å². The largest absolute Gasteiger partial charge is 0.497 e. The highest BCUT2D eigenvalue weighted by atomic mass is 16.5. The van der Waals surface area contributed by atoms with E-state index in [4.69, 9.17) is 9.47 Å².